The van der Waals surface area contributed by atoms with E-state index in [0.717, 1.165) is 16.2 Å². The summed E-state index contributed by atoms with van der Waals surface area (Å²) in [6, 6.07) is 12.6. The number of hydroxylamine groups is 1. The molecule has 3 N–H and O–H groups in total. The standard InChI is InChI=1S/C22H25BrN4O5S2/c1-21(2,20-25-13-14-26(20)3)22(33-4,19(24)28)27(29)34(30,31)18-11-9-17(10-12-18)32-16-7-5-15(23)6-8-16/h5-14,29H,1-4H3,(H2,24,28)/t22-/m1/s1. The molecule has 1 atom stereocenters. The van der Waals surface area contributed by atoms with Crippen LogP contribution in [0.2, 0.25) is 0 Å². The van der Waals surface area contributed by atoms with Crippen LogP contribution in [-0.4, -0.2) is 44.7 Å². The van der Waals surface area contributed by atoms with Gasteiger partial charge in [-0.05, 0) is 68.6 Å². The summed E-state index contributed by atoms with van der Waals surface area (Å²) >= 11 is 4.16. The Morgan fingerprint density at radius 1 is 1.15 bits per heavy atom. The van der Waals surface area contributed by atoms with Crippen LogP contribution in [0.25, 0.3) is 0 Å². The highest BCUT2D eigenvalue weighted by atomic mass is 79.9. The summed E-state index contributed by atoms with van der Waals surface area (Å²) < 4.78 is 35.2. The fourth-order valence-electron chi connectivity index (χ4n) is 3.78. The third-order valence-corrected chi connectivity index (χ3v) is 9.24. The first-order chi connectivity index (χ1) is 15.9. The number of nitrogens with two attached hydrogens (primary N) is 1. The van der Waals surface area contributed by atoms with E-state index in [4.69, 9.17) is 10.5 Å². The van der Waals surface area contributed by atoms with E-state index < -0.39 is 26.2 Å². The van der Waals surface area contributed by atoms with Gasteiger partial charge in [-0.25, -0.2) is 13.4 Å². The smallest absolute Gasteiger partial charge is 0.266 e. The first-order valence-electron chi connectivity index (χ1n) is 9.98. The normalized spacial score (nSPS) is 14.1. The molecule has 0 unspecified atom stereocenters. The van der Waals surface area contributed by atoms with E-state index in [9.17, 15) is 18.4 Å². The Bertz CT molecular complexity index is 1280. The lowest BCUT2D eigenvalue weighted by Gasteiger charge is -2.45. The summed E-state index contributed by atoms with van der Waals surface area (Å²) in [5.74, 6) is 0.294. The van der Waals surface area contributed by atoms with E-state index in [1.807, 2.05) is 12.1 Å². The molecule has 182 valence electrons. The number of aryl methyl sites for hydroxylation is 1. The van der Waals surface area contributed by atoms with Crippen molar-refractivity contribution < 1.29 is 23.2 Å². The summed E-state index contributed by atoms with van der Waals surface area (Å²) in [6.45, 7) is 3.20. The van der Waals surface area contributed by atoms with Gasteiger partial charge in [0.15, 0.2) is 4.87 Å². The van der Waals surface area contributed by atoms with Crippen LogP contribution in [0, 0.1) is 0 Å². The number of rotatable bonds is 9. The van der Waals surface area contributed by atoms with Gasteiger partial charge >= 0.3 is 0 Å². The van der Waals surface area contributed by atoms with E-state index in [1.165, 1.54) is 36.7 Å². The molecule has 1 amide bonds. The van der Waals surface area contributed by atoms with Crippen molar-refractivity contribution >= 4 is 43.6 Å². The van der Waals surface area contributed by atoms with Crippen molar-refractivity contribution in [2.75, 3.05) is 6.26 Å². The first kappa shape index (κ1) is 26.2. The summed E-state index contributed by atoms with van der Waals surface area (Å²) in [5, 5.41) is 11.1. The van der Waals surface area contributed by atoms with Crippen LogP contribution in [0.1, 0.15) is 19.7 Å². The number of nitrogens with zero attached hydrogens (tertiary/aromatic N) is 3. The van der Waals surface area contributed by atoms with E-state index in [0.29, 0.717) is 17.3 Å². The topological polar surface area (TPSA) is 128 Å². The lowest BCUT2D eigenvalue weighted by Crippen LogP contribution is -2.65. The third-order valence-electron chi connectivity index (χ3n) is 5.52. The fraction of sp³-hybridized carbons (Fsp3) is 0.273. The Morgan fingerprint density at radius 3 is 2.12 bits per heavy atom. The van der Waals surface area contributed by atoms with Crippen LogP contribution in [0.5, 0.6) is 11.5 Å². The fourth-order valence-corrected chi connectivity index (χ4v) is 6.86. The number of carbonyl (C=O) groups excluding carboxylic acids is 1. The lowest BCUT2D eigenvalue weighted by atomic mass is 9.82. The molecule has 9 nitrogen and oxygen atoms in total. The first-order valence-corrected chi connectivity index (χ1v) is 13.4. The molecule has 0 saturated carbocycles. The molecule has 2 aromatic carbocycles. The van der Waals surface area contributed by atoms with Crippen molar-refractivity contribution in [1.82, 2.24) is 14.0 Å². The summed E-state index contributed by atoms with van der Waals surface area (Å²) in [7, 11) is -2.86. The predicted octanol–water partition coefficient (Wildman–Crippen LogP) is 3.88. The molecule has 0 aliphatic rings. The second-order valence-electron chi connectivity index (χ2n) is 7.97. The number of sulfonamides is 1. The molecular formula is C22H25BrN4O5S2. The maximum absolute atomic E-state index is 13.4. The minimum Gasteiger partial charge on any atom is -0.457 e. The van der Waals surface area contributed by atoms with Crippen molar-refractivity contribution in [3.8, 4) is 11.5 Å². The van der Waals surface area contributed by atoms with Crippen LogP contribution >= 0.6 is 27.7 Å². The van der Waals surface area contributed by atoms with Crippen molar-refractivity contribution in [2.24, 2.45) is 12.8 Å². The predicted molar refractivity (Wildman–Crippen MR) is 133 cm³/mol. The number of amides is 1. The highest BCUT2D eigenvalue weighted by Crippen LogP contribution is 2.46. The highest BCUT2D eigenvalue weighted by Gasteiger charge is 2.60. The molecule has 34 heavy (non-hydrogen) atoms. The number of ether oxygens (including phenoxy) is 1. The Morgan fingerprint density at radius 2 is 1.68 bits per heavy atom. The summed E-state index contributed by atoms with van der Waals surface area (Å²) in [4.78, 5) is 14.7. The molecule has 12 heteroatoms. The van der Waals surface area contributed by atoms with E-state index >= 15 is 0 Å². The Hall–Kier alpha value is -2.38. The number of aromatic nitrogens is 2. The maximum Gasteiger partial charge on any atom is 0.266 e. The minimum atomic E-state index is -4.57. The molecule has 1 heterocycles. The zero-order valence-corrected chi connectivity index (χ0v) is 22.2. The number of primary amides is 1. The molecule has 0 aliphatic heterocycles. The second-order valence-corrected chi connectivity index (χ2v) is 11.7. The Kier molecular flexibility index (Phi) is 7.48. The molecule has 1 aromatic heterocycles. The zero-order chi connectivity index (χ0) is 25.3. The molecule has 0 radical (unpaired) electrons. The monoisotopic (exact) mass is 568 g/mol. The number of hydrogen-bond donors (Lipinski definition) is 2. The van der Waals surface area contributed by atoms with E-state index in [2.05, 4.69) is 20.9 Å². The Balaban J connectivity index is 1.99. The molecule has 0 fully saturated rings. The van der Waals surface area contributed by atoms with Gasteiger partial charge in [-0.1, -0.05) is 20.4 Å². The van der Waals surface area contributed by atoms with Gasteiger partial charge in [0.05, 0.1) is 10.3 Å². The van der Waals surface area contributed by atoms with Gasteiger partial charge in [-0.2, -0.15) is 0 Å². The van der Waals surface area contributed by atoms with Crippen LogP contribution in [0.3, 0.4) is 0 Å². The van der Waals surface area contributed by atoms with Gasteiger partial charge in [-0.15, -0.1) is 11.8 Å². The quantitative estimate of drug-likeness (QED) is 0.296. The third kappa shape index (κ3) is 4.48. The van der Waals surface area contributed by atoms with Crippen LogP contribution in [0.15, 0.2) is 70.3 Å². The van der Waals surface area contributed by atoms with Gasteiger partial charge in [0.2, 0.25) is 0 Å². The second kappa shape index (κ2) is 9.70. The van der Waals surface area contributed by atoms with E-state index in [1.54, 1.807) is 43.8 Å². The number of imidazole rings is 1. The molecule has 0 bridgehead atoms. The maximum atomic E-state index is 13.4. The molecule has 0 saturated heterocycles. The van der Waals surface area contributed by atoms with Gasteiger partial charge < -0.3 is 15.0 Å². The van der Waals surface area contributed by atoms with Crippen molar-refractivity contribution in [3.63, 3.8) is 0 Å². The number of benzene rings is 2. The van der Waals surface area contributed by atoms with Gasteiger partial charge in [0.1, 0.15) is 17.3 Å². The van der Waals surface area contributed by atoms with Gasteiger partial charge in [-0.3, -0.25) is 10.0 Å². The summed E-state index contributed by atoms with van der Waals surface area (Å²) in [6.07, 6.45) is 4.68. The number of halogens is 1. The molecule has 0 spiro atoms. The molecule has 3 rings (SSSR count). The number of hydrogen-bond acceptors (Lipinski definition) is 7. The molecular weight excluding hydrogens is 544 g/mol. The summed E-state index contributed by atoms with van der Waals surface area (Å²) in [5.41, 5.74) is 4.42. The molecule has 3 aromatic rings. The van der Waals surface area contributed by atoms with Crippen molar-refractivity contribution in [2.45, 2.75) is 29.0 Å². The largest absolute Gasteiger partial charge is 0.457 e. The average Bonchev–Trinajstić information content (AvgIpc) is 3.23. The van der Waals surface area contributed by atoms with Crippen LogP contribution in [-0.2, 0) is 27.3 Å². The number of thioether (sulfide) groups is 1. The van der Waals surface area contributed by atoms with Gasteiger partial charge in [0.25, 0.3) is 15.9 Å². The zero-order valence-electron chi connectivity index (χ0n) is 19.0. The van der Waals surface area contributed by atoms with E-state index in [-0.39, 0.29) is 9.36 Å². The Labute approximate surface area is 211 Å². The lowest BCUT2D eigenvalue weighted by molar-refractivity contribution is -0.141. The number of carbonyl (C=O) groups is 1. The van der Waals surface area contributed by atoms with Crippen molar-refractivity contribution in [1.29, 1.82) is 0 Å². The van der Waals surface area contributed by atoms with Gasteiger partial charge in [0, 0.05) is 23.9 Å². The van der Waals surface area contributed by atoms with Crippen molar-refractivity contribution in [3.05, 3.63) is 71.2 Å². The SMILES string of the molecule is CS[C@@](C(N)=O)(N(O)S(=O)(=O)c1ccc(Oc2ccc(Br)cc2)cc1)C(C)(C)c1nccn1C. The van der Waals surface area contributed by atoms with Crippen LogP contribution < -0.4 is 10.5 Å². The molecule has 0 aliphatic carbocycles. The highest BCUT2D eigenvalue weighted by molar-refractivity contribution is 9.10. The van der Waals surface area contributed by atoms with Crippen LogP contribution in [0.4, 0.5) is 0 Å². The minimum absolute atomic E-state index is 0.0479. The average molecular weight is 570 g/mol.